The van der Waals surface area contributed by atoms with Crippen molar-refractivity contribution in [2.45, 2.75) is 12.1 Å². The molecule has 0 saturated carbocycles. The Balaban J connectivity index is 1.63. The summed E-state index contributed by atoms with van der Waals surface area (Å²) in [5.74, 6) is -0.271. The van der Waals surface area contributed by atoms with Crippen molar-refractivity contribution in [3.8, 4) is 22.8 Å². The van der Waals surface area contributed by atoms with E-state index in [0.717, 1.165) is 29.1 Å². The number of benzene rings is 3. The number of halogens is 1. The van der Waals surface area contributed by atoms with Gasteiger partial charge in [-0.1, -0.05) is 42.1 Å². The molecule has 1 aromatic heterocycles. The molecule has 34 heavy (non-hydrogen) atoms. The molecule has 0 atom stereocenters. The molecule has 3 aromatic carbocycles. The van der Waals surface area contributed by atoms with E-state index in [0.29, 0.717) is 22.4 Å². The number of para-hydroxylation sites is 2. The lowest BCUT2D eigenvalue weighted by atomic mass is 10.1. The van der Waals surface area contributed by atoms with Gasteiger partial charge in [0.15, 0.2) is 16.8 Å². The summed E-state index contributed by atoms with van der Waals surface area (Å²) < 4.78 is 21.8. The van der Waals surface area contributed by atoms with Gasteiger partial charge in [-0.25, -0.2) is 4.39 Å². The van der Waals surface area contributed by atoms with Crippen molar-refractivity contribution in [3.05, 3.63) is 84.2 Å². The topological polar surface area (TPSA) is 86.1 Å². The fourth-order valence-corrected chi connectivity index (χ4v) is 4.24. The summed E-state index contributed by atoms with van der Waals surface area (Å²) in [6.07, 6.45) is 0. The number of nitrogens with one attached hydrogen (secondary N) is 1. The number of ketones is 1. The summed E-state index contributed by atoms with van der Waals surface area (Å²) in [6.45, 7) is 1.33. The number of amides is 1. The Morgan fingerprint density at radius 1 is 1.03 bits per heavy atom. The maximum Gasteiger partial charge on any atom is 0.221 e. The van der Waals surface area contributed by atoms with Gasteiger partial charge in [-0.15, -0.1) is 10.2 Å². The number of nitrogens with zero attached hydrogens (tertiary/aromatic N) is 3. The van der Waals surface area contributed by atoms with Crippen LogP contribution in [0.3, 0.4) is 0 Å². The normalized spacial score (nSPS) is 10.7. The molecule has 1 amide bonds. The van der Waals surface area contributed by atoms with Crippen LogP contribution in [0.5, 0.6) is 5.75 Å². The van der Waals surface area contributed by atoms with Crippen LogP contribution in [0.15, 0.2) is 78.0 Å². The molecular formula is C25H21FN4O3S. The first-order valence-electron chi connectivity index (χ1n) is 10.4. The van der Waals surface area contributed by atoms with Crippen molar-refractivity contribution in [2.75, 3.05) is 18.2 Å². The Hall–Kier alpha value is -3.98. The predicted molar refractivity (Wildman–Crippen MR) is 129 cm³/mol. The van der Waals surface area contributed by atoms with Gasteiger partial charge in [0.25, 0.3) is 0 Å². The van der Waals surface area contributed by atoms with Crippen molar-refractivity contribution in [3.63, 3.8) is 0 Å². The van der Waals surface area contributed by atoms with Gasteiger partial charge in [0.2, 0.25) is 5.91 Å². The number of hydrogen-bond acceptors (Lipinski definition) is 6. The molecule has 1 heterocycles. The van der Waals surface area contributed by atoms with Gasteiger partial charge in [0.1, 0.15) is 11.6 Å². The third kappa shape index (κ3) is 4.99. The van der Waals surface area contributed by atoms with Crippen LogP contribution >= 0.6 is 11.8 Å². The Morgan fingerprint density at radius 3 is 2.47 bits per heavy atom. The SMILES string of the molecule is COc1ccccc1-c1nnc(SCC(=O)c2ccc(NC(C)=O)cc2F)n1-c1ccccc1. The number of aromatic nitrogens is 3. The number of carbonyl (C=O) groups is 2. The van der Waals surface area contributed by atoms with Crippen molar-refractivity contribution < 1.29 is 18.7 Å². The Labute approximate surface area is 200 Å². The third-order valence-electron chi connectivity index (χ3n) is 4.92. The van der Waals surface area contributed by atoms with E-state index in [1.54, 1.807) is 7.11 Å². The molecule has 0 unspecified atom stereocenters. The fourth-order valence-electron chi connectivity index (χ4n) is 3.41. The van der Waals surface area contributed by atoms with E-state index in [4.69, 9.17) is 4.74 Å². The highest BCUT2D eigenvalue weighted by atomic mass is 32.2. The molecular weight excluding hydrogens is 455 g/mol. The molecule has 0 spiro atoms. The molecule has 0 aliphatic rings. The number of carbonyl (C=O) groups excluding carboxylic acids is 2. The lowest BCUT2D eigenvalue weighted by Crippen LogP contribution is -2.09. The molecule has 4 rings (SSSR count). The number of anilines is 1. The number of ether oxygens (including phenoxy) is 1. The van der Waals surface area contributed by atoms with Crippen LogP contribution in [-0.2, 0) is 4.79 Å². The van der Waals surface area contributed by atoms with Gasteiger partial charge in [-0.05, 0) is 42.5 Å². The molecule has 9 heteroatoms. The maximum absolute atomic E-state index is 14.5. The van der Waals surface area contributed by atoms with E-state index < -0.39 is 11.6 Å². The molecule has 1 N–H and O–H groups in total. The highest BCUT2D eigenvalue weighted by Gasteiger charge is 2.21. The monoisotopic (exact) mass is 476 g/mol. The molecule has 0 saturated heterocycles. The van der Waals surface area contributed by atoms with E-state index in [9.17, 15) is 14.0 Å². The van der Waals surface area contributed by atoms with Crippen LogP contribution < -0.4 is 10.1 Å². The zero-order chi connectivity index (χ0) is 24.1. The molecule has 4 aromatic rings. The van der Waals surface area contributed by atoms with E-state index in [-0.39, 0.29) is 17.2 Å². The first-order valence-corrected chi connectivity index (χ1v) is 11.3. The first kappa shape index (κ1) is 23.2. The quantitative estimate of drug-likeness (QED) is 0.284. The first-order chi connectivity index (χ1) is 16.5. The van der Waals surface area contributed by atoms with Gasteiger partial charge in [0.05, 0.1) is 24.0 Å². The second-order valence-electron chi connectivity index (χ2n) is 7.27. The summed E-state index contributed by atoms with van der Waals surface area (Å²) >= 11 is 1.16. The van der Waals surface area contributed by atoms with Crippen LogP contribution in [0.1, 0.15) is 17.3 Å². The van der Waals surface area contributed by atoms with Crippen LogP contribution in [0.25, 0.3) is 17.1 Å². The smallest absolute Gasteiger partial charge is 0.221 e. The van der Waals surface area contributed by atoms with Crippen LogP contribution in [0, 0.1) is 5.82 Å². The van der Waals surface area contributed by atoms with Crippen molar-refractivity contribution in [2.24, 2.45) is 0 Å². The second-order valence-corrected chi connectivity index (χ2v) is 8.21. The summed E-state index contributed by atoms with van der Waals surface area (Å²) in [6, 6.07) is 21.0. The largest absolute Gasteiger partial charge is 0.496 e. The number of methoxy groups -OCH3 is 1. The van der Waals surface area contributed by atoms with Gasteiger partial charge >= 0.3 is 0 Å². The minimum absolute atomic E-state index is 0.0483. The number of Topliss-reactive ketones (excluding diaryl/α,β-unsaturated/α-hetero) is 1. The fraction of sp³-hybridized carbons (Fsp3) is 0.120. The Bertz CT molecular complexity index is 1340. The average molecular weight is 477 g/mol. The molecule has 0 radical (unpaired) electrons. The summed E-state index contributed by atoms with van der Waals surface area (Å²) in [5.41, 5.74) is 1.80. The minimum atomic E-state index is -0.698. The summed E-state index contributed by atoms with van der Waals surface area (Å²) in [4.78, 5) is 23.9. The van der Waals surface area contributed by atoms with Gasteiger partial charge in [-0.3, -0.25) is 14.2 Å². The Kier molecular flexibility index (Phi) is 7.03. The van der Waals surface area contributed by atoms with Gasteiger partial charge in [-0.2, -0.15) is 0 Å². The molecule has 0 bridgehead atoms. The van der Waals surface area contributed by atoms with Gasteiger partial charge < -0.3 is 10.1 Å². The number of thioether (sulfide) groups is 1. The van der Waals surface area contributed by atoms with Crippen LogP contribution in [0.4, 0.5) is 10.1 Å². The van der Waals surface area contributed by atoms with Crippen molar-refractivity contribution in [1.82, 2.24) is 14.8 Å². The molecule has 7 nitrogen and oxygen atoms in total. The molecule has 172 valence electrons. The second kappa shape index (κ2) is 10.3. The van der Waals surface area contributed by atoms with Crippen LogP contribution in [-0.4, -0.2) is 39.3 Å². The van der Waals surface area contributed by atoms with E-state index in [1.165, 1.54) is 19.1 Å². The number of hydrogen-bond donors (Lipinski definition) is 1. The maximum atomic E-state index is 14.5. The standard InChI is InChI=1S/C25H21FN4O3S/c1-16(31)27-17-12-13-19(21(26)14-17)22(32)15-34-25-29-28-24(20-10-6-7-11-23(20)33-2)30(25)18-8-4-3-5-9-18/h3-14H,15H2,1-2H3,(H,27,31). The Morgan fingerprint density at radius 2 is 1.76 bits per heavy atom. The third-order valence-corrected chi connectivity index (χ3v) is 5.85. The molecule has 0 fully saturated rings. The lowest BCUT2D eigenvalue weighted by molar-refractivity contribution is -0.114. The molecule has 0 aliphatic heterocycles. The zero-order valence-corrected chi connectivity index (χ0v) is 19.3. The summed E-state index contributed by atoms with van der Waals surface area (Å²) in [5, 5.41) is 11.6. The van der Waals surface area contributed by atoms with Gasteiger partial charge in [0, 0.05) is 18.3 Å². The van der Waals surface area contributed by atoms with Crippen molar-refractivity contribution in [1.29, 1.82) is 0 Å². The number of rotatable bonds is 8. The van der Waals surface area contributed by atoms with E-state index in [1.807, 2.05) is 59.2 Å². The zero-order valence-electron chi connectivity index (χ0n) is 18.5. The lowest BCUT2D eigenvalue weighted by Gasteiger charge is -2.12. The van der Waals surface area contributed by atoms with Crippen LogP contribution in [0.2, 0.25) is 0 Å². The average Bonchev–Trinajstić information content (AvgIpc) is 3.26. The van der Waals surface area contributed by atoms with Crippen molar-refractivity contribution >= 4 is 29.1 Å². The van der Waals surface area contributed by atoms with E-state index >= 15 is 0 Å². The highest BCUT2D eigenvalue weighted by molar-refractivity contribution is 7.99. The molecule has 0 aliphatic carbocycles. The highest BCUT2D eigenvalue weighted by Crippen LogP contribution is 2.33. The minimum Gasteiger partial charge on any atom is -0.496 e. The van der Waals surface area contributed by atoms with E-state index in [2.05, 4.69) is 15.5 Å². The predicted octanol–water partition coefficient (Wildman–Crippen LogP) is 5.02. The summed E-state index contributed by atoms with van der Waals surface area (Å²) in [7, 11) is 1.59.